The molecule has 0 amide bonds. The SMILES string of the molecule is CCNC(=NCC(c1ccccc1)c1ccccc1)NCCOCCS(C)(=O)=O. The number of hydrogen-bond acceptors (Lipinski definition) is 4. The number of hydrogen-bond donors (Lipinski definition) is 2. The van der Waals surface area contributed by atoms with Gasteiger partial charge in [0.25, 0.3) is 0 Å². The molecule has 7 heteroatoms. The van der Waals surface area contributed by atoms with Gasteiger partial charge in [-0.1, -0.05) is 60.7 Å². The van der Waals surface area contributed by atoms with Gasteiger partial charge in [0, 0.05) is 25.3 Å². The van der Waals surface area contributed by atoms with E-state index in [0.717, 1.165) is 12.5 Å². The molecule has 0 aliphatic carbocycles. The Morgan fingerprint density at radius 2 is 1.55 bits per heavy atom. The molecule has 6 nitrogen and oxygen atoms in total. The van der Waals surface area contributed by atoms with Crippen molar-refractivity contribution in [1.29, 1.82) is 0 Å². The third kappa shape index (κ3) is 9.11. The van der Waals surface area contributed by atoms with Crippen molar-refractivity contribution >= 4 is 15.8 Å². The number of aliphatic imine (C=N–C) groups is 1. The maximum Gasteiger partial charge on any atom is 0.191 e. The number of ether oxygens (including phenoxy) is 1. The summed E-state index contributed by atoms with van der Waals surface area (Å²) in [5.41, 5.74) is 2.45. The first-order valence-electron chi connectivity index (χ1n) is 9.87. The first-order valence-corrected chi connectivity index (χ1v) is 11.9. The van der Waals surface area contributed by atoms with Crippen LogP contribution in [0.15, 0.2) is 65.7 Å². The van der Waals surface area contributed by atoms with Crippen LogP contribution < -0.4 is 10.6 Å². The van der Waals surface area contributed by atoms with Gasteiger partial charge in [0.05, 0.1) is 25.5 Å². The summed E-state index contributed by atoms with van der Waals surface area (Å²) in [6, 6.07) is 20.7. The van der Waals surface area contributed by atoms with E-state index in [4.69, 9.17) is 9.73 Å². The summed E-state index contributed by atoms with van der Waals surface area (Å²) in [6.45, 7) is 4.56. The Morgan fingerprint density at radius 1 is 0.966 bits per heavy atom. The van der Waals surface area contributed by atoms with Crippen LogP contribution in [0.3, 0.4) is 0 Å². The van der Waals surface area contributed by atoms with E-state index in [0.29, 0.717) is 19.7 Å². The van der Waals surface area contributed by atoms with Crippen LogP contribution in [0.4, 0.5) is 0 Å². The Kier molecular flexibility index (Phi) is 9.67. The molecule has 2 aromatic carbocycles. The van der Waals surface area contributed by atoms with Crippen LogP contribution in [-0.2, 0) is 14.6 Å². The zero-order valence-electron chi connectivity index (χ0n) is 17.2. The van der Waals surface area contributed by atoms with E-state index in [1.807, 2.05) is 43.3 Å². The van der Waals surface area contributed by atoms with Gasteiger partial charge in [-0.3, -0.25) is 4.99 Å². The summed E-state index contributed by atoms with van der Waals surface area (Å²) in [5, 5.41) is 6.48. The highest BCUT2D eigenvalue weighted by molar-refractivity contribution is 7.90. The predicted molar refractivity (Wildman–Crippen MR) is 119 cm³/mol. The van der Waals surface area contributed by atoms with E-state index in [2.05, 4.69) is 34.9 Å². The average Bonchev–Trinajstić information content (AvgIpc) is 2.71. The lowest BCUT2D eigenvalue weighted by Crippen LogP contribution is -2.39. The average molecular weight is 418 g/mol. The minimum atomic E-state index is -2.99. The zero-order chi connectivity index (χ0) is 21.0. The Labute approximate surface area is 174 Å². The van der Waals surface area contributed by atoms with Crippen LogP contribution in [-0.4, -0.2) is 59.2 Å². The molecule has 0 atom stereocenters. The molecule has 2 aromatic rings. The summed E-state index contributed by atoms with van der Waals surface area (Å²) in [7, 11) is -2.99. The molecule has 2 N–H and O–H groups in total. The molecule has 0 saturated carbocycles. The molecule has 0 aliphatic rings. The zero-order valence-corrected chi connectivity index (χ0v) is 18.0. The van der Waals surface area contributed by atoms with Gasteiger partial charge >= 0.3 is 0 Å². The third-order valence-corrected chi connectivity index (χ3v) is 5.23. The monoisotopic (exact) mass is 417 g/mol. The van der Waals surface area contributed by atoms with Crippen molar-refractivity contribution in [2.75, 3.05) is 44.9 Å². The lowest BCUT2D eigenvalue weighted by molar-refractivity contribution is 0.154. The molecule has 158 valence electrons. The predicted octanol–water partition coefficient (Wildman–Crippen LogP) is 2.43. The number of sulfone groups is 1. The third-order valence-electron chi connectivity index (χ3n) is 4.32. The molecular formula is C22H31N3O3S. The van der Waals surface area contributed by atoms with Gasteiger partial charge in [0.2, 0.25) is 0 Å². The van der Waals surface area contributed by atoms with Crippen LogP contribution in [0, 0.1) is 0 Å². The molecule has 2 rings (SSSR count). The fourth-order valence-corrected chi connectivity index (χ4v) is 3.27. The summed E-state index contributed by atoms with van der Waals surface area (Å²) >= 11 is 0. The minimum absolute atomic E-state index is 0.0387. The molecular weight excluding hydrogens is 386 g/mol. The molecule has 0 unspecified atom stereocenters. The van der Waals surface area contributed by atoms with Gasteiger partial charge in [0.15, 0.2) is 5.96 Å². The maximum absolute atomic E-state index is 11.1. The highest BCUT2D eigenvalue weighted by atomic mass is 32.2. The molecule has 0 fully saturated rings. The summed E-state index contributed by atoms with van der Waals surface area (Å²) in [5.74, 6) is 0.923. The highest BCUT2D eigenvalue weighted by Gasteiger charge is 2.13. The fourth-order valence-electron chi connectivity index (χ4n) is 2.85. The van der Waals surface area contributed by atoms with Crippen molar-refractivity contribution < 1.29 is 13.2 Å². The van der Waals surface area contributed by atoms with Crippen molar-refractivity contribution in [2.45, 2.75) is 12.8 Å². The van der Waals surface area contributed by atoms with Crippen LogP contribution in [0.5, 0.6) is 0 Å². The Balaban J connectivity index is 1.96. The number of nitrogens with one attached hydrogen (secondary N) is 2. The molecule has 0 heterocycles. The molecule has 0 spiro atoms. The second-order valence-electron chi connectivity index (χ2n) is 6.76. The number of nitrogens with zero attached hydrogens (tertiary/aromatic N) is 1. The molecule has 29 heavy (non-hydrogen) atoms. The van der Waals surface area contributed by atoms with Gasteiger partial charge in [-0.25, -0.2) is 8.42 Å². The molecule has 0 saturated heterocycles. The topological polar surface area (TPSA) is 79.8 Å². The van der Waals surface area contributed by atoms with Gasteiger partial charge in [-0.2, -0.15) is 0 Å². The number of benzene rings is 2. The second-order valence-corrected chi connectivity index (χ2v) is 9.02. The van der Waals surface area contributed by atoms with Crippen molar-refractivity contribution in [1.82, 2.24) is 10.6 Å². The van der Waals surface area contributed by atoms with Gasteiger partial charge in [-0.15, -0.1) is 0 Å². The molecule has 0 radical (unpaired) electrons. The number of guanidine groups is 1. The van der Waals surface area contributed by atoms with Crippen molar-refractivity contribution in [3.05, 3.63) is 71.8 Å². The van der Waals surface area contributed by atoms with Crippen LogP contribution in [0.25, 0.3) is 0 Å². The largest absolute Gasteiger partial charge is 0.379 e. The summed E-state index contributed by atoms with van der Waals surface area (Å²) in [6.07, 6.45) is 1.21. The fraction of sp³-hybridized carbons (Fsp3) is 0.409. The molecule has 0 aliphatic heterocycles. The van der Waals surface area contributed by atoms with E-state index in [9.17, 15) is 8.42 Å². The standard InChI is InChI=1S/C22H31N3O3S/c1-3-23-22(24-14-15-28-16-17-29(2,26)27)25-18-21(19-10-6-4-7-11-19)20-12-8-5-9-13-20/h4-13,21H,3,14-18H2,1-2H3,(H2,23,24,25). The van der Waals surface area contributed by atoms with Crippen LogP contribution in [0.1, 0.15) is 24.0 Å². The Bertz CT molecular complexity index is 801. The van der Waals surface area contributed by atoms with Gasteiger partial charge in [0.1, 0.15) is 9.84 Å². The molecule has 0 bridgehead atoms. The normalized spacial score (nSPS) is 12.2. The first-order chi connectivity index (χ1) is 14.0. The first kappa shape index (κ1) is 22.9. The van der Waals surface area contributed by atoms with Crippen molar-refractivity contribution in [3.8, 4) is 0 Å². The summed E-state index contributed by atoms with van der Waals surface area (Å²) < 4.78 is 27.6. The van der Waals surface area contributed by atoms with E-state index in [1.165, 1.54) is 17.4 Å². The number of rotatable bonds is 11. The van der Waals surface area contributed by atoms with Crippen molar-refractivity contribution in [2.24, 2.45) is 4.99 Å². The molecule has 0 aromatic heterocycles. The Morgan fingerprint density at radius 3 is 2.07 bits per heavy atom. The quantitative estimate of drug-likeness (QED) is 0.333. The lowest BCUT2D eigenvalue weighted by Gasteiger charge is -2.18. The lowest BCUT2D eigenvalue weighted by atomic mass is 9.91. The van der Waals surface area contributed by atoms with Crippen LogP contribution in [0.2, 0.25) is 0 Å². The Hall–Kier alpha value is -2.38. The van der Waals surface area contributed by atoms with E-state index >= 15 is 0 Å². The van der Waals surface area contributed by atoms with E-state index < -0.39 is 9.84 Å². The minimum Gasteiger partial charge on any atom is -0.379 e. The van der Waals surface area contributed by atoms with E-state index in [1.54, 1.807) is 0 Å². The summed E-state index contributed by atoms with van der Waals surface area (Å²) in [4.78, 5) is 4.77. The van der Waals surface area contributed by atoms with Gasteiger partial charge in [-0.05, 0) is 18.1 Å². The highest BCUT2D eigenvalue weighted by Crippen LogP contribution is 2.24. The van der Waals surface area contributed by atoms with E-state index in [-0.39, 0.29) is 18.3 Å². The second kappa shape index (κ2) is 12.2. The van der Waals surface area contributed by atoms with Crippen LogP contribution >= 0.6 is 0 Å². The maximum atomic E-state index is 11.1. The van der Waals surface area contributed by atoms with Gasteiger partial charge < -0.3 is 15.4 Å². The van der Waals surface area contributed by atoms with Crippen molar-refractivity contribution in [3.63, 3.8) is 0 Å². The smallest absolute Gasteiger partial charge is 0.191 e.